The highest BCUT2D eigenvalue weighted by molar-refractivity contribution is 6.30. The molecule has 2 heteroatoms. The lowest BCUT2D eigenvalue weighted by molar-refractivity contribution is 0.281. The maximum Gasteiger partial charge on any atom is 0.0411 e. The second kappa shape index (κ2) is 6.07. The summed E-state index contributed by atoms with van der Waals surface area (Å²) >= 11 is 5.92. The van der Waals surface area contributed by atoms with Gasteiger partial charge in [-0.1, -0.05) is 35.9 Å². The van der Waals surface area contributed by atoms with Crippen LogP contribution in [0, 0.1) is 6.42 Å². The molecule has 1 aliphatic heterocycles. The lowest BCUT2D eigenvalue weighted by Gasteiger charge is -2.24. The van der Waals surface area contributed by atoms with Gasteiger partial charge in [-0.3, -0.25) is 4.90 Å². The van der Waals surface area contributed by atoms with Gasteiger partial charge in [-0.15, -0.1) is 0 Å². The molecule has 0 bridgehead atoms. The third-order valence-corrected chi connectivity index (χ3v) is 3.06. The fourth-order valence-corrected chi connectivity index (χ4v) is 2.13. The van der Waals surface area contributed by atoms with E-state index in [9.17, 15) is 0 Å². The average Bonchev–Trinajstić information content (AvgIpc) is 2.30. The number of hydrogen-bond donors (Lipinski definition) is 0. The first-order valence-corrected chi connectivity index (χ1v) is 6.18. The molecular formula is C14H17ClN. The van der Waals surface area contributed by atoms with Crippen LogP contribution in [0.4, 0.5) is 0 Å². The van der Waals surface area contributed by atoms with Crippen molar-refractivity contribution in [3.63, 3.8) is 0 Å². The fourth-order valence-electron chi connectivity index (χ4n) is 1.93. The van der Waals surface area contributed by atoms with Crippen LogP contribution in [0.3, 0.4) is 0 Å². The van der Waals surface area contributed by atoms with E-state index in [1.165, 1.54) is 31.5 Å². The predicted octanol–water partition coefficient (Wildman–Crippen LogP) is 3.65. The van der Waals surface area contributed by atoms with Crippen LogP contribution < -0.4 is 0 Å². The van der Waals surface area contributed by atoms with Gasteiger partial charge in [0.25, 0.3) is 0 Å². The summed E-state index contributed by atoms with van der Waals surface area (Å²) in [6.07, 6.45) is 9.19. The van der Waals surface area contributed by atoms with Gasteiger partial charge >= 0.3 is 0 Å². The fraction of sp³-hybridized carbons (Fsp3) is 0.357. The quantitative estimate of drug-likeness (QED) is 0.772. The topological polar surface area (TPSA) is 3.24 Å². The van der Waals surface area contributed by atoms with Crippen molar-refractivity contribution in [1.29, 1.82) is 0 Å². The molecule has 0 unspecified atom stereocenters. The molecule has 0 N–H and O–H groups in total. The van der Waals surface area contributed by atoms with Crippen LogP contribution >= 0.6 is 11.6 Å². The summed E-state index contributed by atoms with van der Waals surface area (Å²) in [6, 6.07) is 7.95. The Hall–Kier alpha value is -0.790. The molecule has 1 aromatic carbocycles. The van der Waals surface area contributed by atoms with Crippen molar-refractivity contribution in [2.75, 3.05) is 19.6 Å². The molecule has 0 aromatic heterocycles. The molecule has 1 nitrogen and oxygen atoms in total. The zero-order valence-corrected chi connectivity index (χ0v) is 10.2. The molecule has 0 amide bonds. The van der Waals surface area contributed by atoms with Crippen molar-refractivity contribution in [1.82, 2.24) is 4.90 Å². The monoisotopic (exact) mass is 234 g/mol. The molecule has 16 heavy (non-hydrogen) atoms. The van der Waals surface area contributed by atoms with Crippen LogP contribution in [0.2, 0.25) is 5.02 Å². The number of rotatable bonds is 3. The van der Waals surface area contributed by atoms with E-state index < -0.39 is 0 Å². The van der Waals surface area contributed by atoms with Gasteiger partial charge in [0.2, 0.25) is 0 Å². The van der Waals surface area contributed by atoms with Gasteiger partial charge in [0.15, 0.2) is 0 Å². The second-order valence-corrected chi connectivity index (χ2v) is 4.56. The standard InChI is InChI=1S/C14H17ClN/c15-14-8-4-6-13(12-14)7-5-11-16-9-2-1-3-10-16/h1,4-8,12H,2-3,9-11H2. The predicted molar refractivity (Wildman–Crippen MR) is 70.5 cm³/mol. The molecular weight excluding hydrogens is 218 g/mol. The van der Waals surface area contributed by atoms with Crippen LogP contribution in [-0.4, -0.2) is 24.5 Å². The minimum absolute atomic E-state index is 0.801. The maximum absolute atomic E-state index is 5.92. The van der Waals surface area contributed by atoms with E-state index >= 15 is 0 Å². The summed E-state index contributed by atoms with van der Waals surface area (Å²) in [6.45, 7) is 3.43. The lowest BCUT2D eigenvalue weighted by atomic mass is 10.1. The maximum atomic E-state index is 5.92. The highest BCUT2D eigenvalue weighted by Crippen LogP contribution is 2.12. The van der Waals surface area contributed by atoms with Crippen LogP contribution in [-0.2, 0) is 0 Å². The molecule has 0 saturated carbocycles. The van der Waals surface area contributed by atoms with Crippen molar-refractivity contribution < 1.29 is 0 Å². The van der Waals surface area contributed by atoms with E-state index in [1.54, 1.807) is 0 Å². The van der Waals surface area contributed by atoms with Crippen molar-refractivity contribution in [3.05, 3.63) is 47.3 Å². The van der Waals surface area contributed by atoms with E-state index in [0.717, 1.165) is 11.6 Å². The van der Waals surface area contributed by atoms with Crippen molar-refractivity contribution >= 4 is 17.7 Å². The summed E-state index contributed by atoms with van der Waals surface area (Å²) in [5.74, 6) is 0. The molecule has 0 atom stereocenters. The molecule has 1 radical (unpaired) electrons. The Morgan fingerprint density at radius 2 is 2.06 bits per heavy atom. The van der Waals surface area contributed by atoms with Gasteiger partial charge in [-0.25, -0.2) is 0 Å². The highest BCUT2D eigenvalue weighted by atomic mass is 35.5. The van der Waals surface area contributed by atoms with Gasteiger partial charge < -0.3 is 0 Å². The molecule has 2 rings (SSSR count). The molecule has 1 fully saturated rings. The number of halogens is 1. The number of benzene rings is 1. The van der Waals surface area contributed by atoms with Gasteiger partial charge in [0.05, 0.1) is 0 Å². The summed E-state index contributed by atoms with van der Waals surface area (Å²) in [5, 5.41) is 0.801. The lowest BCUT2D eigenvalue weighted by Crippen LogP contribution is -2.29. The Balaban J connectivity index is 1.84. The van der Waals surface area contributed by atoms with Crippen molar-refractivity contribution in [3.8, 4) is 0 Å². The van der Waals surface area contributed by atoms with Gasteiger partial charge in [-0.05, 0) is 50.0 Å². The summed E-state index contributed by atoms with van der Waals surface area (Å²) in [5.41, 5.74) is 1.18. The molecule has 1 aromatic rings. The Labute approximate surface area is 103 Å². The van der Waals surface area contributed by atoms with Gasteiger partial charge in [-0.2, -0.15) is 0 Å². The van der Waals surface area contributed by atoms with E-state index in [4.69, 9.17) is 11.6 Å². The van der Waals surface area contributed by atoms with Crippen molar-refractivity contribution in [2.45, 2.75) is 12.8 Å². The first-order valence-electron chi connectivity index (χ1n) is 5.81. The minimum Gasteiger partial charge on any atom is -0.300 e. The minimum atomic E-state index is 0.801. The molecule has 1 heterocycles. The molecule has 1 aliphatic rings. The SMILES string of the molecule is Clc1cccc(C=CCN2CC[CH]CC2)c1. The zero-order valence-electron chi connectivity index (χ0n) is 9.40. The third kappa shape index (κ3) is 3.66. The van der Waals surface area contributed by atoms with Gasteiger partial charge in [0, 0.05) is 11.6 Å². The van der Waals surface area contributed by atoms with E-state index in [1.807, 2.05) is 18.2 Å². The van der Waals surface area contributed by atoms with E-state index in [2.05, 4.69) is 29.5 Å². The second-order valence-electron chi connectivity index (χ2n) is 4.12. The molecule has 0 spiro atoms. The Kier molecular flexibility index (Phi) is 4.44. The zero-order chi connectivity index (χ0) is 11.2. The van der Waals surface area contributed by atoms with E-state index in [0.29, 0.717) is 0 Å². The van der Waals surface area contributed by atoms with Crippen LogP contribution in [0.5, 0.6) is 0 Å². The van der Waals surface area contributed by atoms with Crippen molar-refractivity contribution in [2.24, 2.45) is 0 Å². The third-order valence-electron chi connectivity index (χ3n) is 2.82. The van der Waals surface area contributed by atoms with Crippen LogP contribution in [0.1, 0.15) is 18.4 Å². The van der Waals surface area contributed by atoms with Crippen LogP contribution in [0.25, 0.3) is 6.08 Å². The Bertz CT molecular complexity index is 354. The Morgan fingerprint density at radius 3 is 2.81 bits per heavy atom. The highest BCUT2D eigenvalue weighted by Gasteiger charge is 2.07. The largest absolute Gasteiger partial charge is 0.300 e. The Morgan fingerprint density at radius 1 is 1.25 bits per heavy atom. The molecule has 0 aliphatic carbocycles. The number of likely N-dealkylation sites (tertiary alicyclic amines) is 1. The molecule has 85 valence electrons. The summed E-state index contributed by atoms with van der Waals surface area (Å²) in [4.78, 5) is 2.47. The number of piperidine rings is 1. The summed E-state index contributed by atoms with van der Waals surface area (Å²) in [7, 11) is 0. The van der Waals surface area contributed by atoms with E-state index in [-0.39, 0.29) is 0 Å². The summed E-state index contributed by atoms with van der Waals surface area (Å²) < 4.78 is 0. The van der Waals surface area contributed by atoms with Gasteiger partial charge in [0.1, 0.15) is 0 Å². The number of hydrogen-bond acceptors (Lipinski definition) is 1. The first-order chi connectivity index (χ1) is 7.84. The average molecular weight is 235 g/mol. The first kappa shape index (κ1) is 11.7. The number of nitrogens with zero attached hydrogens (tertiary/aromatic N) is 1. The molecule has 1 saturated heterocycles. The smallest absolute Gasteiger partial charge is 0.0411 e. The van der Waals surface area contributed by atoms with Crippen LogP contribution in [0.15, 0.2) is 30.3 Å². The normalized spacial score (nSPS) is 18.1.